The Bertz CT molecular complexity index is 374. The topological polar surface area (TPSA) is 26.3 Å². The third-order valence-corrected chi connectivity index (χ3v) is 3.23. The summed E-state index contributed by atoms with van der Waals surface area (Å²) in [5.74, 6) is 0.968. The number of hydrogen-bond acceptors (Lipinski definition) is 2. The van der Waals surface area contributed by atoms with Gasteiger partial charge in [-0.05, 0) is 40.5 Å². The van der Waals surface area contributed by atoms with Gasteiger partial charge in [0.2, 0.25) is 0 Å². The van der Waals surface area contributed by atoms with E-state index in [9.17, 15) is 4.79 Å². The Morgan fingerprint density at radius 1 is 1.29 bits per heavy atom. The van der Waals surface area contributed by atoms with Crippen LogP contribution >= 0.6 is 15.9 Å². The first-order chi connectivity index (χ1) is 8.19. The van der Waals surface area contributed by atoms with Crippen LogP contribution in [-0.2, 0) is 0 Å². The predicted molar refractivity (Wildman–Crippen MR) is 73.8 cm³/mol. The van der Waals surface area contributed by atoms with Crippen LogP contribution in [0, 0.1) is 0 Å². The van der Waals surface area contributed by atoms with Crippen molar-refractivity contribution in [1.29, 1.82) is 0 Å². The molecule has 1 aromatic rings. The fourth-order valence-corrected chi connectivity index (χ4v) is 2.12. The minimum atomic E-state index is 0.148. The molecule has 94 valence electrons. The van der Waals surface area contributed by atoms with Crippen LogP contribution in [0.4, 0.5) is 0 Å². The minimum absolute atomic E-state index is 0.148. The van der Waals surface area contributed by atoms with Gasteiger partial charge in [-0.25, -0.2) is 0 Å². The molecule has 0 aliphatic carbocycles. The highest BCUT2D eigenvalue weighted by atomic mass is 79.9. The van der Waals surface area contributed by atoms with Crippen LogP contribution in [0.15, 0.2) is 22.7 Å². The lowest BCUT2D eigenvalue weighted by Gasteiger charge is -2.08. The first kappa shape index (κ1) is 14.2. The highest BCUT2D eigenvalue weighted by Gasteiger charge is 2.08. The molecule has 17 heavy (non-hydrogen) atoms. The molecule has 0 heterocycles. The third kappa shape index (κ3) is 4.50. The Hall–Kier alpha value is -0.830. The van der Waals surface area contributed by atoms with E-state index in [0.29, 0.717) is 6.42 Å². The van der Waals surface area contributed by atoms with Gasteiger partial charge in [-0.1, -0.05) is 26.7 Å². The van der Waals surface area contributed by atoms with E-state index in [0.717, 1.165) is 28.8 Å². The highest BCUT2D eigenvalue weighted by molar-refractivity contribution is 9.10. The molecule has 0 fully saturated rings. The van der Waals surface area contributed by atoms with Gasteiger partial charge in [0.15, 0.2) is 5.78 Å². The molecule has 0 radical (unpaired) electrons. The molecule has 0 unspecified atom stereocenters. The maximum atomic E-state index is 11.6. The third-order valence-electron chi connectivity index (χ3n) is 2.58. The Morgan fingerprint density at radius 3 is 2.65 bits per heavy atom. The second kappa shape index (κ2) is 7.49. The molecule has 2 nitrogen and oxygen atoms in total. The second-order valence-corrected chi connectivity index (χ2v) is 4.83. The van der Waals surface area contributed by atoms with Gasteiger partial charge in [-0.3, -0.25) is 4.79 Å². The van der Waals surface area contributed by atoms with E-state index in [2.05, 4.69) is 22.9 Å². The molecule has 1 aromatic carbocycles. The van der Waals surface area contributed by atoms with Gasteiger partial charge in [0.25, 0.3) is 0 Å². The van der Waals surface area contributed by atoms with E-state index in [4.69, 9.17) is 4.74 Å². The maximum absolute atomic E-state index is 11.6. The van der Waals surface area contributed by atoms with Crippen LogP contribution in [0.25, 0.3) is 0 Å². The number of hydrogen-bond donors (Lipinski definition) is 0. The maximum Gasteiger partial charge on any atom is 0.163 e. The van der Waals surface area contributed by atoms with Crippen LogP contribution in [0.2, 0.25) is 0 Å². The molecule has 0 bridgehead atoms. The first-order valence-corrected chi connectivity index (χ1v) is 6.93. The molecule has 0 saturated heterocycles. The number of ether oxygens (including phenoxy) is 1. The SMILES string of the molecule is CCCCCOc1ccc(C(=O)CC)c(Br)c1. The molecule has 0 aliphatic rings. The van der Waals surface area contributed by atoms with Gasteiger partial charge in [0.05, 0.1) is 6.61 Å². The summed E-state index contributed by atoms with van der Waals surface area (Å²) in [6.45, 7) is 4.77. The molecule has 0 aliphatic heterocycles. The first-order valence-electron chi connectivity index (χ1n) is 6.14. The molecule has 0 spiro atoms. The molecular formula is C14H19BrO2. The average molecular weight is 299 g/mol. The van der Waals surface area contributed by atoms with Gasteiger partial charge in [0.1, 0.15) is 5.75 Å². The summed E-state index contributed by atoms with van der Waals surface area (Å²) in [5.41, 5.74) is 0.730. The monoisotopic (exact) mass is 298 g/mol. The van der Waals surface area contributed by atoms with Crippen molar-refractivity contribution in [3.05, 3.63) is 28.2 Å². The van der Waals surface area contributed by atoms with Crippen LogP contribution < -0.4 is 4.74 Å². The normalized spacial score (nSPS) is 10.3. The van der Waals surface area contributed by atoms with E-state index < -0.39 is 0 Å². The Kier molecular flexibility index (Phi) is 6.27. The average Bonchev–Trinajstić information content (AvgIpc) is 2.34. The smallest absolute Gasteiger partial charge is 0.163 e. The minimum Gasteiger partial charge on any atom is -0.494 e. The number of carbonyl (C=O) groups is 1. The van der Waals surface area contributed by atoms with Crippen LogP contribution in [0.3, 0.4) is 0 Å². The summed E-state index contributed by atoms with van der Waals surface area (Å²) < 4.78 is 6.43. The summed E-state index contributed by atoms with van der Waals surface area (Å²) in [6, 6.07) is 5.56. The van der Waals surface area contributed by atoms with Crippen molar-refractivity contribution >= 4 is 21.7 Å². The predicted octanol–water partition coefficient (Wildman–Crippen LogP) is 4.61. The zero-order valence-electron chi connectivity index (χ0n) is 10.5. The molecule has 0 amide bonds. The summed E-state index contributed by atoms with van der Waals surface area (Å²) in [6.07, 6.45) is 3.98. The zero-order valence-corrected chi connectivity index (χ0v) is 12.0. The van der Waals surface area contributed by atoms with E-state index in [1.165, 1.54) is 12.8 Å². The molecule has 3 heteroatoms. The van der Waals surface area contributed by atoms with Crippen molar-refractivity contribution in [2.45, 2.75) is 39.5 Å². The lowest BCUT2D eigenvalue weighted by atomic mass is 10.1. The van der Waals surface area contributed by atoms with Crippen molar-refractivity contribution in [2.24, 2.45) is 0 Å². The molecular weight excluding hydrogens is 280 g/mol. The van der Waals surface area contributed by atoms with Crippen molar-refractivity contribution in [1.82, 2.24) is 0 Å². The molecule has 0 atom stereocenters. The van der Waals surface area contributed by atoms with Crippen LogP contribution in [0.1, 0.15) is 49.9 Å². The second-order valence-electron chi connectivity index (χ2n) is 3.97. The molecule has 0 aromatic heterocycles. The lowest BCUT2D eigenvalue weighted by Crippen LogP contribution is -2.00. The Balaban J connectivity index is 2.59. The standard InChI is InChI=1S/C14H19BrO2/c1-3-5-6-9-17-11-7-8-12(13(15)10-11)14(16)4-2/h7-8,10H,3-6,9H2,1-2H3. The largest absolute Gasteiger partial charge is 0.494 e. The number of rotatable bonds is 7. The fraction of sp³-hybridized carbons (Fsp3) is 0.500. The van der Waals surface area contributed by atoms with Crippen molar-refractivity contribution in [3.8, 4) is 5.75 Å². The van der Waals surface area contributed by atoms with E-state index in [1.807, 2.05) is 25.1 Å². The van der Waals surface area contributed by atoms with Gasteiger partial charge in [0, 0.05) is 16.5 Å². The van der Waals surface area contributed by atoms with Crippen molar-refractivity contribution in [2.75, 3.05) is 6.61 Å². The van der Waals surface area contributed by atoms with E-state index >= 15 is 0 Å². The number of Topliss-reactive ketones (excluding diaryl/α,β-unsaturated/α-hetero) is 1. The number of ketones is 1. The van der Waals surface area contributed by atoms with Crippen LogP contribution in [-0.4, -0.2) is 12.4 Å². The summed E-state index contributed by atoms with van der Waals surface area (Å²) in [4.78, 5) is 11.6. The highest BCUT2D eigenvalue weighted by Crippen LogP contribution is 2.24. The molecule has 0 N–H and O–H groups in total. The Morgan fingerprint density at radius 2 is 2.06 bits per heavy atom. The van der Waals surface area contributed by atoms with Gasteiger partial charge < -0.3 is 4.74 Å². The quantitative estimate of drug-likeness (QED) is 0.543. The van der Waals surface area contributed by atoms with Crippen molar-refractivity contribution in [3.63, 3.8) is 0 Å². The molecule has 1 rings (SSSR count). The van der Waals surface area contributed by atoms with E-state index in [1.54, 1.807) is 0 Å². The van der Waals surface area contributed by atoms with E-state index in [-0.39, 0.29) is 5.78 Å². The number of carbonyl (C=O) groups excluding carboxylic acids is 1. The van der Waals surface area contributed by atoms with Gasteiger partial charge >= 0.3 is 0 Å². The van der Waals surface area contributed by atoms with Crippen molar-refractivity contribution < 1.29 is 9.53 Å². The van der Waals surface area contributed by atoms with Gasteiger partial charge in [-0.2, -0.15) is 0 Å². The fourth-order valence-electron chi connectivity index (χ4n) is 1.54. The van der Waals surface area contributed by atoms with Gasteiger partial charge in [-0.15, -0.1) is 0 Å². The number of halogens is 1. The summed E-state index contributed by atoms with van der Waals surface area (Å²) >= 11 is 3.41. The lowest BCUT2D eigenvalue weighted by molar-refractivity contribution is 0.0987. The van der Waals surface area contributed by atoms with Crippen LogP contribution in [0.5, 0.6) is 5.75 Å². The number of benzene rings is 1. The molecule has 0 saturated carbocycles. The summed E-state index contributed by atoms with van der Waals surface area (Å²) in [5, 5.41) is 0. The Labute approximate surface area is 111 Å². The zero-order chi connectivity index (χ0) is 12.7. The summed E-state index contributed by atoms with van der Waals surface area (Å²) in [7, 11) is 0. The number of unbranched alkanes of at least 4 members (excludes halogenated alkanes) is 2.